The van der Waals surface area contributed by atoms with Crippen LogP contribution in [0.15, 0.2) is 18.2 Å². The molecule has 0 aliphatic carbocycles. The molecule has 1 aromatic rings. The highest BCUT2D eigenvalue weighted by molar-refractivity contribution is 5.50. The second kappa shape index (κ2) is 1.99. The largest absolute Gasteiger partial charge is 0.669 e. The van der Waals surface area contributed by atoms with E-state index in [1.165, 1.54) is 0 Å². The van der Waals surface area contributed by atoms with Gasteiger partial charge in [-0.2, -0.15) is 4.79 Å². The molecule has 1 aliphatic rings. The van der Waals surface area contributed by atoms with Crippen LogP contribution in [-0.4, -0.2) is 6.03 Å². The lowest BCUT2D eigenvalue weighted by molar-refractivity contribution is -0.517. The lowest BCUT2D eigenvalue weighted by Crippen LogP contribution is -2.93. The van der Waals surface area contributed by atoms with Gasteiger partial charge in [-0.25, -0.2) is 0 Å². The van der Waals surface area contributed by atoms with E-state index in [4.69, 9.17) is 0 Å². The minimum absolute atomic E-state index is 0.144. The summed E-state index contributed by atoms with van der Waals surface area (Å²) in [6.45, 7) is 1.96. The van der Waals surface area contributed by atoms with Gasteiger partial charge in [-0.3, -0.25) is 0 Å². The van der Waals surface area contributed by atoms with Crippen molar-refractivity contribution in [2.75, 3.05) is 0 Å². The average Bonchev–Trinajstić information content (AvgIpc) is 2.31. The van der Waals surface area contributed by atoms with Gasteiger partial charge in [0, 0.05) is 11.6 Å². The van der Waals surface area contributed by atoms with Gasteiger partial charge in [-0.05, 0) is 6.92 Å². The molecular weight excluding hydrogens is 140 g/mol. The van der Waals surface area contributed by atoms with E-state index in [1.54, 1.807) is 0 Å². The van der Waals surface area contributed by atoms with Crippen molar-refractivity contribution in [1.29, 1.82) is 0 Å². The number of hydrogen-bond donors (Lipinski definition) is 2. The van der Waals surface area contributed by atoms with Crippen LogP contribution < -0.4 is 20.7 Å². The number of aryl methyl sites for hydroxylation is 1. The molecule has 0 saturated carbocycles. The van der Waals surface area contributed by atoms with Gasteiger partial charge >= 0.3 is 6.03 Å². The maximum atomic E-state index is 10.8. The van der Waals surface area contributed by atoms with Crippen LogP contribution >= 0.6 is 0 Å². The van der Waals surface area contributed by atoms with Gasteiger partial charge in [0.15, 0.2) is 0 Å². The monoisotopic (exact) mass is 148 g/mol. The van der Waals surface area contributed by atoms with Crippen molar-refractivity contribution in [1.82, 2.24) is 0 Å². The van der Waals surface area contributed by atoms with Crippen LogP contribution in [0.4, 0.5) is 4.79 Å². The van der Waals surface area contributed by atoms with Crippen LogP contribution in [0.1, 0.15) is 5.56 Å². The molecule has 1 aromatic carbocycles. The number of para-hydroxylation sites is 1. The predicted molar refractivity (Wildman–Crippen MR) is 36.0 cm³/mol. The molecule has 0 atom stereocenters. The van der Waals surface area contributed by atoms with E-state index >= 15 is 0 Å². The van der Waals surface area contributed by atoms with Crippen molar-refractivity contribution >= 4 is 6.03 Å². The topological polar surface area (TPSA) is 45.0 Å². The van der Waals surface area contributed by atoms with E-state index in [-0.39, 0.29) is 6.03 Å². The highest BCUT2D eigenvalue weighted by atomic mass is 16.2. The number of nitrogens with one attached hydrogen (secondary N) is 2. The lowest BCUT2D eigenvalue weighted by Gasteiger charge is -1.78. The Labute approximate surface area is 63.1 Å². The summed E-state index contributed by atoms with van der Waals surface area (Å²) in [7, 11) is 0. The Morgan fingerprint density at radius 2 is 2.09 bits per heavy atom. The van der Waals surface area contributed by atoms with E-state index in [1.807, 2.05) is 25.1 Å². The number of carbonyl (C=O) groups is 1. The zero-order chi connectivity index (χ0) is 7.84. The fourth-order valence-electron chi connectivity index (χ4n) is 1.20. The fourth-order valence-corrected chi connectivity index (χ4v) is 1.20. The summed E-state index contributed by atoms with van der Waals surface area (Å²) in [5.74, 6) is 0. The first kappa shape index (κ1) is 6.22. The molecule has 54 valence electrons. The van der Waals surface area contributed by atoms with Crippen LogP contribution in [0.5, 0.6) is 0 Å². The lowest BCUT2D eigenvalue weighted by atomic mass is 10.2. The van der Waals surface area contributed by atoms with Gasteiger partial charge < -0.3 is 0 Å². The Hall–Kier alpha value is -1.51. The standard InChI is InChI=1S/C8H6N2O/c1-5-3-2-4-6-7(5)10-8(11)9-6/h2-4H,1H3/p+2. The molecule has 2 amide bonds. The summed E-state index contributed by atoms with van der Waals surface area (Å²) in [5.41, 5.74) is 1.08. The highest BCUT2D eigenvalue weighted by Gasteiger charge is 2.20. The maximum absolute atomic E-state index is 10.8. The van der Waals surface area contributed by atoms with E-state index < -0.39 is 0 Å². The number of fused-ring (bicyclic) bond motifs is 1. The van der Waals surface area contributed by atoms with Gasteiger partial charge in [0.1, 0.15) is 0 Å². The van der Waals surface area contributed by atoms with Gasteiger partial charge in [0.05, 0.1) is 0 Å². The number of hydrogen-bond acceptors (Lipinski definition) is 1. The zero-order valence-electron chi connectivity index (χ0n) is 6.14. The Balaban J connectivity index is 2.97. The van der Waals surface area contributed by atoms with Crippen LogP contribution in [0, 0.1) is 6.92 Å². The van der Waals surface area contributed by atoms with Crippen molar-refractivity contribution in [2.24, 2.45) is 0 Å². The first-order valence-corrected chi connectivity index (χ1v) is 3.45. The molecule has 1 aliphatic heterocycles. The Kier molecular flexibility index (Phi) is 1.12. The molecule has 2 rings (SSSR count). The Morgan fingerprint density at radius 1 is 1.27 bits per heavy atom. The third-order valence-electron chi connectivity index (χ3n) is 1.76. The van der Waals surface area contributed by atoms with Crippen molar-refractivity contribution < 1.29 is 14.8 Å². The van der Waals surface area contributed by atoms with E-state index in [2.05, 4.69) is 9.98 Å². The molecule has 0 bridgehead atoms. The third-order valence-corrected chi connectivity index (χ3v) is 1.76. The first-order chi connectivity index (χ1) is 5.27. The van der Waals surface area contributed by atoms with Crippen LogP contribution in [-0.2, 0) is 0 Å². The van der Waals surface area contributed by atoms with Gasteiger partial charge in [-0.1, -0.05) is 12.1 Å². The van der Waals surface area contributed by atoms with Crippen molar-refractivity contribution in [3.63, 3.8) is 0 Å². The average molecular weight is 148 g/mol. The van der Waals surface area contributed by atoms with Crippen molar-refractivity contribution in [3.05, 3.63) is 34.5 Å². The van der Waals surface area contributed by atoms with Gasteiger partial charge in [0.2, 0.25) is 0 Å². The molecule has 3 nitrogen and oxygen atoms in total. The molecule has 0 aromatic heterocycles. The zero-order valence-corrected chi connectivity index (χ0v) is 6.14. The SMILES string of the molecule is Cc1cccc2c1=[NH+]C(=O)[NH+]=2. The minimum atomic E-state index is -0.144. The molecular formula is C8H8N2O+2. The van der Waals surface area contributed by atoms with E-state index in [0.29, 0.717) is 0 Å². The molecule has 0 fully saturated rings. The predicted octanol–water partition coefficient (Wildman–Crippen LogP) is -3.47. The molecule has 3 heteroatoms. The molecule has 1 heterocycles. The second-order valence-electron chi connectivity index (χ2n) is 2.58. The van der Waals surface area contributed by atoms with E-state index in [9.17, 15) is 4.79 Å². The summed E-state index contributed by atoms with van der Waals surface area (Å²) < 4.78 is 0. The summed E-state index contributed by atoms with van der Waals surface area (Å²) in [6, 6.07) is 5.61. The molecule has 11 heavy (non-hydrogen) atoms. The van der Waals surface area contributed by atoms with Crippen LogP contribution in [0.3, 0.4) is 0 Å². The van der Waals surface area contributed by atoms with Crippen molar-refractivity contribution in [3.8, 4) is 0 Å². The molecule has 0 spiro atoms. The van der Waals surface area contributed by atoms with Crippen LogP contribution in [0.25, 0.3) is 0 Å². The highest BCUT2D eigenvalue weighted by Crippen LogP contribution is 1.79. The first-order valence-electron chi connectivity index (χ1n) is 3.45. The number of amides is 2. The Morgan fingerprint density at radius 3 is 2.82 bits per heavy atom. The second-order valence-corrected chi connectivity index (χ2v) is 2.58. The van der Waals surface area contributed by atoms with Gasteiger partial charge in [-0.15, -0.1) is 9.98 Å². The summed E-state index contributed by atoms with van der Waals surface area (Å²) in [6.07, 6.45) is 0. The number of urea groups is 1. The molecule has 2 N–H and O–H groups in total. The summed E-state index contributed by atoms with van der Waals surface area (Å²) in [4.78, 5) is 16.2. The van der Waals surface area contributed by atoms with E-state index in [0.717, 1.165) is 16.3 Å². The summed E-state index contributed by atoms with van der Waals surface area (Å²) in [5, 5.41) is 1.77. The summed E-state index contributed by atoms with van der Waals surface area (Å²) >= 11 is 0. The molecule has 0 unspecified atom stereocenters. The molecule has 0 saturated heterocycles. The Bertz CT molecular complexity index is 434. The maximum Gasteiger partial charge on any atom is 0.669 e. The fraction of sp³-hybridized carbons (Fsp3) is 0.125. The van der Waals surface area contributed by atoms with Gasteiger partial charge in [0.25, 0.3) is 10.7 Å². The minimum Gasteiger partial charge on any atom is -0.151 e. The smallest absolute Gasteiger partial charge is 0.151 e. The third kappa shape index (κ3) is 0.852. The number of carbonyl (C=O) groups excluding carboxylic acids is 1. The normalized spacial score (nSPS) is 13.7. The number of rotatable bonds is 0. The molecule has 0 radical (unpaired) electrons. The van der Waals surface area contributed by atoms with Crippen LogP contribution in [0.2, 0.25) is 0 Å². The quantitative estimate of drug-likeness (QED) is 0.394. The number of benzene rings is 1. The van der Waals surface area contributed by atoms with Crippen molar-refractivity contribution in [2.45, 2.75) is 6.92 Å².